The highest BCUT2D eigenvalue weighted by atomic mass is 35.5. The van der Waals surface area contributed by atoms with E-state index < -0.39 is 31.2 Å². The summed E-state index contributed by atoms with van der Waals surface area (Å²) < 4.78 is 56.9. The standard InChI is InChI=1S/C26H25ClF3NO5.ClH/c27-22-7-16(3-4-24(22)36-20(10-28)11-29)14-34-19-8-23(30)21-6-17(15-35-25(21)9-19)12-31-5-1-2-18(13-31)26(32)33;/h2-4,6-9,20H,1,5,10-15H2,(H,32,33);1H. The Morgan fingerprint density at radius 3 is 2.70 bits per heavy atom. The first-order valence-corrected chi connectivity index (χ1v) is 11.7. The number of ether oxygens (including phenoxy) is 3. The summed E-state index contributed by atoms with van der Waals surface area (Å²) in [6.45, 7) is -0.0711. The zero-order valence-electron chi connectivity index (χ0n) is 19.7. The van der Waals surface area contributed by atoms with Crippen molar-refractivity contribution in [3.63, 3.8) is 0 Å². The largest absolute Gasteiger partial charge is 0.489 e. The van der Waals surface area contributed by atoms with Crippen LogP contribution in [0.1, 0.15) is 17.5 Å². The fraction of sp³-hybridized carbons (Fsp3) is 0.346. The minimum Gasteiger partial charge on any atom is -0.489 e. The third-order valence-corrected chi connectivity index (χ3v) is 6.09. The summed E-state index contributed by atoms with van der Waals surface area (Å²) in [5, 5.41) is 9.39. The molecule has 0 saturated carbocycles. The normalized spacial score (nSPS) is 15.2. The number of benzene rings is 2. The Labute approximate surface area is 223 Å². The molecule has 0 aromatic heterocycles. The minimum atomic E-state index is -1.21. The average Bonchev–Trinajstić information content (AvgIpc) is 2.87. The maximum atomic E-state index is 14.9. The summed E-state index contributed by atoms with van der Waals surface area (Å²) >= 11 is 6.15. The van der Waals surface area contributed by atoms with Crippen molar-refractivity contribution in [2.75, 3.05) is 39.6 Å². The van der Waals surface area contributed by atoms with Crippen LogP contribution in [-0.2, 0) is 11.4 Å². The number of rotatable bonds is 10. The van der Waals surface area contributed by atoms with E-state index >= 15 is 0 Å². The number of alkyl halides is 2. The second-order valence-corrected chi connectivity index (χ2v) is 8.95. The van der Waals surface area contributed by atoms with Crippen molar-refractivity contribution < 1.29 is 37.3 Å². The maximum absolute atomic E-state index is 14.9. The van der Waals surface area contributed by atoms with Crippen LogP contribution in [0.2, 0.25) is 5.02 Å². The number of fused-ring (bicyclic) bond motifs is 1. The van der Waals surface area contributed by atoms with Gasteiger partial charge in [-0.05, 0) is 35.8 Å². The van der Waals surface area contributed by atoms with E-state index in [4.69, 9.17) is 25.8 Å². The predicted molar refractivity (Wildman–Crippen MR) is 136 cm³/mol. The van der Waals surface area contributed by atoms with Crippen LogP contribution in [0.4, 0.5) is 13.2 Å². The van der Waals surface area contributed by atoms with Gasteiger partial charge in [-0.15, -0.1) is 12.4 Å². The number of halogens is 5. The summed E-state index contributed by atoms with van der Waals surface area (Å²) in [7, 11) is 0. The highest BCUT2D eigenvalue weighted by Crippen LogP contribution is 2.34. The Kier molecular flexibility index (Phi) is 10.1. The highest BCUT2D eigenvalue weighted by Gasteiger charge is 2.22. The molecule has 0 fully saturated rings. The van der Waals surface area contributed by atoms with Gasteiger partial charge >= 0.3 is 5.97 Å². The van der Waals surface area contributed by atoms with Crippen molar-refractivity contribution in [3.05, 3.63) is 69.5 Å². The van der Waals surface area contributed by atoms with E-state index in [-0.39, 0.29) is 42.1 Å². The first-order chi connectivity index (χ1) is 17.4. The second-order valence-electron chi connectivity index (χ2n) is 8.54. The lowest BCUT2D eigenvalue weighted by Gasteiger charge is -2.28. The van der Waals surface area contributed by atoms with Crippen LogP contribution in [0.25, 0.3) is 6.08 Å². The Morgan fingerprint density at radius 1 is 1.22 bits per heavy atom. The summed E-state index contributed by atoms with van der Waals surface area (Å²) in [6.07, 6.45) is 2.90. The molecule has 11 heteroatoms. The van der Waals surface area contributed by atoms with Crippen LogP contribution in [0, 0.1) is 5.82 Å². The molecule has 0 spiro atoms. The number of carbonyl (C=O) groups is 1. The van der Waals surface area contributed by atoms with E-state index in [0.29, 0.717) is 42.0 Å². The number of carboxylic acids is 1. The van der Waals surface area contributed by atoms with Gasteiger partial charge < -0.3 is 19.3 Å². The monoisotopic (exact) mass is 559 g/mol. The molecule has 2 aliphatic rings. The van der Waals surface area contributed by atoms with Gasteiger partial charge in [-0.2, -0.15) is 0 Å². The number of carboxylic acid groups (broad SMARTS) is 1. The third kappa shape index (κ3) is 7.34. The molecule has 0 amide bonds. The van der Waals surface area contributed by atoms with E-state index in [0.717, 1.165) is 12.1 Å². The molecular formula is C26H26Cl2F3NO5. The van der Waals surface area contributed by atoms with Gasteiger partial charge in [0.1, 0.15) is 49.6 Å². The van der Waals surface area contributed by atoms with Crippen molar-refractivity contribution >= 4 is 36.1 Å². The molecule has 1 N–H and O–H groups in total. The van der Waals surface area contributed by atoms with Crippen molar-refractivity contribution in [3.8, 4) is 17.2 Å². The van der Waals surface area contributed by atoms with Crippen LogP contribution in [0.3, 0.4) is 0 Å². The number of hydrogen-bond acceptors (Lipinski definition) is 5. The third-order valence-electron chi connectivity index (χ3n) is 5.80. The topological polar surface area (TPSA) is 68.2 Å². The smallest absolute Gasteiger partial charge is 0.332 e. The zero-order chi connectivity index (χ0) is 25.7. The molecule has 0 saturated heterocycles. The van der Waals surface area contributed by atoms with Crippen LogP contribution in [0.5, 0.6) is 17.2 Å². The van der Waals surface area contributed by atoms with E-state index in [1.807, 2.05) is 4.90 Å². The summed E-state index contributed by atoms with van der Waals surface area (Å²) in [5.74, 6) is -0.650. The molecule has 0 aliphatic carbocycles. The molecule has 2 aliphatic heterocycles. The van der Waals surface area contributed by atoms with Crippen molar-refractivity contribution in [1.29, 1.82) is 0 Å². The molecule has 2 heterocycles. The lowest BCUT2D eigenvalue weighted by atomic mass is 10.0. The quantitative estimate of drug-likeness (QED) is 0.405. The van der Waals surface area contributed by atoms with Gasteiger partial charge in [0.05, 0.1) is 10.6 Å². The summed E-state index contributed by atoms with van der Waals surface area (Å²) in [5.41, 5.74) is 2.18. The Balaban J connectivity index is 0.00000380. The molecule has 2 aromatic carbocycles. The first kappa shape index (κ1) is 28.7. The minimum absolute atomic E-state index is 0. The van der Waals surface area contributed by atoms with Crippen molar-refractivity contribution in [1.82, 2.24) is 4.90 Å². The van der Waals surface area contributed by atoms with E-state index in [1.54, 1.807) is 30.4 Å². The Morgan fingerprint density at radius 2 is 2.00 bits per heavy atom. The van der Waals surface area contributed by atoms with E-state index in [9.17, 15) is 23.1 Å². The van der Waals surface area contributed by atoms with Crippen LogP contribution < -0.4 is 14.2 Å². The predicted octanol–water partition coefficient (Wildman–Crippen LogP) is 5.66. The molecular weight excluding hydrogens is 534 g/mol. The van der Waals surface area contributed by atoms with Gasteiger partial charge in [-0.1, -0.05) is 23.7 Å². The molecule has 4 rings (SSSR count). The van der Waals surface area contributed by atoms with Crippen molar-refractivity contribution in [2.45, 2.75) is 19.1 Å². The van der Waals surface area contributed by atoms with E-state index in [1.165, 1.54) is 12.1 Å². The molecule has 6 nitrogen and oxygen atoms in total. The number of nitrogens with zero attached hydrogens (tertiary/aromatic N) is 1. The lowest BCUT2D eigenvalue weighted by Crippen LogP contribution is -2.35. The molecule has 0 bridgehead atoms. The van der Waals surface area contributed by atoms with Crippen LogP contribution in [-0.4, -0.2) is 61.7 Å². The van der Waals surface area contributed by atoms with E-state index in [2.05, 4.69) is 0 Å². The van der Waals surface area contributed by atoms with Crippen molar-refractivity contribution in [2.24, 2.45) is 0 Å². The highest BCUT2D eigenvalue weighted by molar-refractivity contribution is 6.32. The second kappa shape index (κ2) is 13.1. The first-order valence-electron chi connectivity index (χ1n) is 11.4. The Hall–Kier alpha value is -2.88. The van der Waals surface area contributed by atoms with Gasteiger partial charge in [0.15, 0.2) is 6.10 Å². The average molecular weight is 560 g/mol. The van der Waals surface area contributed by atoms with Crippen LogP contribution >= 0.6 is 24.0 Å². The maximum Gasteiger partial charge on any atom is 0.332 e. The van der Waals surface area contributed by atoms with Gasteiger partial charge in [0.25, 0.3) is 0 Å². The Bertz CT molecular complexity index is 1190. The summed E-state index contributed by atoms with van der Waals surface area (Å²) in [4.78, 5) is 13.2. The molecule has 0 unspecified atom stereocenters. The number of aliphatic carboxylic acids is 1. The SMILES string of the molecule is Cl.O=C(O)C1=CCCN(CC2=Cc3c(F)cc(OCc4ccc(OC(CF)CF)c(Cl)c4)cc3OC2)C1. The fourth-order valence-electron chi connectivity index (χ4n) is 3.98. The molecule has 37 heavy (non-hydrogen) atoms. The fourth-order valence-corrected chi connectivity index (χ4v) is 4.23. The van der Waals surface area contributed by atoms with Crippen LogP contribution in [0.15, 0.2) is 47.6 Å². The molecule has 0 atom stereocenters. The van der Waals surface area contributed by atoms with Gasteiger partial charge in [-0.3, -0.25) is 4.90 Å². The zero-order valence-corrected chi connectivity index (χ0v) is 21.3. The molecule has 2 aromatic rings. The molecule has 0 radical (unpaired) electrons. The van der Waals surface area contributed by atoms with Gasteiger partial charge in [0.2, 0.25) is 0 Å². The summed E-state index contributed by atoms with van der Waals surface area (Å²) in [6, 6.07) is 7.56. The number of hydrogen-bond donors (Lipinski definition) is 1. The van der Waals surface area contributed by atoms with Gasteiger partial charge in [0, 0.05) is 37.3 Å². The lowest BCUT2D eigenvalue weighted by molar-refractivity contribution is -0.133. The van der Waals surface area contributed by atoms with Gasteiger partial charge in [-0.25, -0.2) is 18.0 Å². The molecule has 200 valence electrons.